The molecule has 1 heterocycles. The lowest BCUT2D eigenvalue weighted by molar-refractivity contribution is -0.130. The van der Waals surface area contributed by atoms with Crippen LogP contribution in [0.2, 0.25) is 0 Å². The number of fused-ring (bicyclic) bond motifs is 1. The van der Waals surface area contributed by atoms with Gasteiger partial charge in [0, 0.05) is 22.5 Å². The molecule has 0 aliphatic heterocycles. The van der Waals surface area contributed by atoms with Crippen LogP contribution in [0.1, 0.15) is 27.0 Å². The molecule has 8 heteroatoms. The van der Waals surface area contributed by atoms with E-state index in [1.54, 1.807) is 66.4 Å². The third-order valence-corrected chi connectivity index (χ3v) is 6.45. The highest BCUT2D eigenvalue weighted by atomic mass is 32.2. The fourth-order valence-electron chi connectivity index (χ4n) is 3.46. The zero-order valence-electron chi connectivity index (χ0n) is 17.5. The minimum Gasteiger partial charge on any atom is -0.478 e. The summed E-state index contributed by atoms with van der Waals surface area (Å²) in [6.45, 7) is 0. The highest BCUT2D eigenvalue weighted by molar-refractivity contribution is 7.98. The molecule has 0 radical (unpaired) electrons. The molecule has 0 bridgehead atoms. The Kier molecular flexibility index (Phi) is 6.63. The number of hydrogen-bond acceptors (Lipinski definition) is 7. The van der Waals surface area contributed by atoms with Crippen molar-refractivity contribution >= 4 is 51.8 Å². The Bertz CT molecular complexity index is 1420. The van der Waals surface area contributed by atoms with Gasteiger partial charge in [0.2, 0.25) is 0 Å². The van der Waals surface area contributed by atoms with Crippen LogP contribution in [-0.4, -0.2) is 31.9 Å². The van der Waals surface area contributed by atoms with Crippen molar-refractivity contribution in [2.24, 2.45) is 0 Å². The molecule has 4 rings (SSSR count). The summed E-state index contributed by atoms with van der Waals surface area (Å²) in [5.41, 5.74) is 3.34. The number of aromatic nitrogens is 2. The van der Waals surface area contributed by atoms with Crippen LogP contribution in [0.3, 0.4) is 0 Å². The molecule has 1 aromatic heterocycles. The Morgan fingerprint density at radius 2 is 1.64 bits per heavy atom. The largest absolute Gasteiger partial charge is 0.478 e. The van der Waals surface area contributed by atoms with Gasteiger partial charge in [-0.15, -0.1) is 11.8 Å². The van der Waals surface area contributed by atoms with Gasteiger partial charge in [-0.25, -0.2) is 4.79 Å². The first-order chi connectivity index (χ1) is 16.0. The standard InChI is InChI=1S/C25H17N3O3S2/c1-32-19-9-6-17(7-10-19)24(29)20(12-15-2-4-16(14-26)5-3-15)23(25(30)31)18-8-11-21-22(13-18)28-33-27-21/h2-11,13H,12H2,1H3,(H,30,31)/b23-20+. The molecule has 4 aromatic rings. The number of carbonyl (C=O) groups excluding carboxylic acids is 1. The fraction of sp³-hybridized carbons (Fsp3) is 0.0800. The summed E-state index contributed by atoms with van der Waals surface area (Å²) in [6.07, 6.45) is 2.04. The topological polar surface area (TPSA) is 104 Å². The van der Waals surface area contributed by atoms with Crippen molar-refractivity contribution in [1.82, 2.24) is 8.75 Å². The predicted molar refractivity (Wildman–Crippen MR) is 129 cm³/mol. The minimum atomic E-state index is -1.20. The quantitative estimate of drug-likeness (QED) is 0.223. The maximum Gasteiger partial charge on any atom is 0.336 e. The van der Waals surface area contributed by atoms with Crippen LogP contribution in [0.4, 0.5) is 0 Å². The second-order valence-electron chi connectivity index (χ2n) is 7.17. The van der Waals surface area contributed by atoms with Crippen LogP contribution < -0.4 is 0 Å². The Morgan fingerprint density at radius 1 is 0.970 bits per heavy atom. The minimum absolute atomic E-state index is 0.0757. The Balaban J connectivity index is 1.88. The third-order valence-electron chi connectivity index (χ3n) is 5.15. The predicted octanol–water partition coefficient (Wildman–Crippen LogP) is 5.25. The average Bonchev–Trinajstić information content (AvgIpc) is 3.31. The SMILES string of the molecule is CSc1ccc(C(=O)/C(Cc2ccc(C#N)cc2)=C(/C(=O)O)c2ccc3nsnc3c2)cc1. The molecule has 0 spiro atoms. The number of benzene rings is 3. The number of nitrogens with zero attached hydrogens (tertiary/aromatic N) is 3. The molecular weight excluding hydrogens is 454 g/mol. The molecule has 33 heavy (non-hydrogen) atoms. The first kappa shape index (κ1) is 22.4. The summed E-state index contributed by atoms with van der Waals surface area (Å²) >= 11 is 2.60. The van der Waals surface area contributed by atoms with E-state index >= 15 is 0 Å². The molecule has 0 aliphatic carbocycles. The van der Waals surface area contributed by atoms with Crippen molar-refractivity contribution in [2.75, 3.05) is 6.26 Å². The highest BCUT2D eigenvalue weighted by Gasteiger charge is 2.24. The van der Waals surface area contributed by atoms with Crippen molar-refractivity contribution in [3.63, 3.8) is 0 Å². The monoisotopic (exact) mass is 471 g/mol. The van der Waals surface area contributed by atoms with Crippen molar-refractivity contribution in [3.05, 3.63) is 94.6 Å². The maximum atomic E-state index is 13.6. The second-order valence-corrected chi connectivity index (χ2v) is 8.58. The van der Waals surface area contributed by atoms with Crippen LogP contribution >= 0.6 is 23.5 Å². The first-order valence-corrected chi connectivity index (χ1v) is 11.8. The van der Waals surface area contributed by atoms with Gasteiger partial charge in [0.25, 0.3) is 0 Å². The van der Waals surface area contributed by atoms with Gasteiger partial charge in [-0.3, -0.25) is 4.79 Å². The van der Waals surface area contributed by atoms with E-state index in [-0.39, 0.29) is 23.4 Å². The van der Waals surface area contributed by atoms with Gasteiger partial charge >= 0.3 is 5.97 Å². The average molecular weight is 472 g/mol. The zero-order chi connectivity index (χ0) is 23.4. The van der Waals surface area contributed by atoms with E-state index in [1.165, 1.54) is 0 Å². The van der Waals surface area contributed by atoms with E-state index in [4.69, 9.17) is 5.26 Å². The summed E-state index contributed by atoms with van der Waals surface area (Å²) in [5.74, 6) is -1.56. The van der Waals surface area contributed by atoms with Crippen LogP contribution in [0, 0.1) is 11.3 Å². The van der Waals surface area contributed by atoms with Crippen LogP contribution in [-0.2, 0) is 11.2 Å². The molecule has 0 unspecified atom stereocenters. The van der Waals surface area contributed by atoms with Gasteiger partial charge in [0.05, 0.1) is 28.9 Å². The Labute approximate surface area is 198 Å². The molecule has 3 aromatic carbocycles. The number of aliphatic carboxylic acids is 1. The van der Waals surface area contributed by atoms with Crippen LogP contribution in [0.15, 0.2) is 77.2 Å². The number of carboxylic acid groups (broad SMARTS) is 1. The lowest BCUT2D eigenvalue weighted by Gasteiger charge is -2.13. The zero-order valence-corrected chi connectivity index (χ0v) is 19.1. The van der Waals surface area contributed by atoms with Gasteiger partial charge in [-0.2, -0.15) is 14.0 Å². The lowest BCUT2D eigenvalue weighted by atomic mass is 9.89. The normalized spacial score (nSPS) is 11.6. The van der Waals surface area contributed by atoms with Crippen LogP contribution in [0.5, 0.6) is 0 Å². The molecular formula is C25H17N3O3S2. The van der Waals surface area contributed by atoms with Crippen molar-refractivity contribution in [1.29, 1.82) is 5.26 Å². The van der Waals surface area contributed by atoms with E-state index in [0.717, 1.165) is 22.2 Å². The fourth-order valence-corrected chi connectivity index (χ4v) is 4.39. The number of rotatable bonds is 7. The number of Topliss-reactive ketones (excluding diaryl/α,β-unsaturated/α-hetero) is 1. The smallest absolute Gasteiger partial charge is 0.336 e. The van der Waals surface area contributed by atoms with Gasteiger partial charge in [-0.1, -0.05) is 18.2 Å². The summed E-state index contributed by atoms with van der Waals surface area (Å²) in [4.78, 5) is 27.1. The maximum absolute atomic E-state index is 13.6. The number of carbonyl (C=O) groups is 2. The molecule has 162 valence electrons. The molecule has 0 saturated heterocycles. The van der Waals surface area contributed by atoms with Crippen LogP contribution in [0.25, 0.3) is 16.6 Å². The van der Waals surface area contributed by atoms with E-state index in [9.17, 15) is 14.7 Å². The Morgan fingerprint density at radius 3 is 2.27 bits per heavy atom. The van der Waals surface area contributed by atoms with Crippen molar-refractivity contribution in [3.8, 4) is 6.07 Å². The summed E-state index contributed by atoms with van der Waals surface area (Å²) in [5, 5.41) is 19.2. The first-order valence-electron chi connectivity index (χ1n) is 9.87. The number of nitriles is 1. The van der Waals surface area contributed by atoms with Gasteiger partial charge in [0.15, 0.2) is 5.78 Å². The molecule has 0 atom stereocenters. The summed E-state index contributed by atoms with van der Waals surface area (Å²) in [7, 11) is 0. The molecule has 6 nitrogen and oxygen atoms in total. The third kappa shape index (κ3) is 4.85. The van der Waals surface area contributed by atoms with Gasteiger partial charge in [-0.05, 0) is 65.9 Å². The molecule has 0 amide bonds. The number of ketones is 1. The van der Waals surface area contributed by atoms with E-state index in [2.05, 4.69) is 14.8 Å². The van der Waals surface area contributed by atoms with Gasteiger partial charge in [0.1, 0.15) is 11.0 Å². The highest BCUT2D eigenvalue weighted by Crippen LogP contribution is 2.28. The lowest BCUT2D eigenvalue weighted by Crippen LogP contribution is -2.14. The summed E-state index contributed by atoms with van der Waals surface area (Å²) < 4.78 is 8.37. The number of carboxylic acids is 1. The van der Waals surface area contributed by atoms with E-state index in [0.29, 0.717) is 27.7 Å². The Hall–Kier alpha value is -3.80. The molecule has 0 aliphatic rings. The van der Waals surface area contributed by atoms with E-state index in [1.807, 2.05) is 18.4 Å². The number of thioether (sulfide) groups is 1. The molecule has 0 saturated carbocycles. The van der Waals surface area contributed by atoms with Gasteiger partial charge < -0.3 is 5.11 Å². The second kappa shape index (κ2) is 9.77. The molecule has 0 fully saturated rings. The van der Waals surface area contributed by atoms with E-state index < -0.39 is 5.97 Å². The number of allylic oxidation sites excluding steroid dienone is 1. The van der Waals surface area contributed by atoms with Crippen molar-refractivity contribution in [2.45, 2.75) is 11.3 Å². The number of hydrogen-bond donors (Lipinski definition) is 1. The molecule has 1 N–H and O–H groups in total. The summed E-state index contributed by atoms with van der Waals surface area (Å²) in [6, 6.07) is 20.9. The van der Waals surface area contributed by atoms with Crippen molar-refractivity contribution < 1.29 is 14.7 Å².